The molecule has 6 saturated carbocycles. The highest BCUT2D eigenvalue weighted by Crippen LogP contribution is 2.60. The van der Waals surface area contributed by atoms with Gasteiger partial charge in [0.05, 0.1) is 12.0 Å². The second-order valence-electron chi connectivity index (χ2n) is 14.7. The zero-order chi connectivity index (χ0) is 30.7. The molecule has 6 aliphatic carbocycles. The summed E-state index contributed by atoms with van der Waals surface area (Å²) in [6, 6.07) is 6.08. The van der Waals surface area contributed by atoms with Crippen LogP contribution in [0.2, 0.25) is 0 Å². The molecule has 238 valence electrons. The molecular formula is C33H36I3O6S2-. The van der Waals surface area contributed by atoms with Crippen LogP contribution in [-0.2, 0) is 20.2 Å². The summed E-state index contributed by atoms with van der Waals surface area (Å²) in [4.78, 5) is -0.0613. The molecule has 2 aromatic rings. The summed E-state index contributed by atoms with van der Waals surface area (Å²) in [5.41, 5.74) is 3.27. The van der Waals surface area contributed by atoms with Gasteiger partial charge in [-0.2, -0.15) is 8.42 Å². The predicted octanol–water partition coefficient (Wildman–Crippen LogP) is 8.88. The van der Waals surface area contributed by atoms with Gasteiger partial charge < -0.3 is 8.74 Å². The molecule has 11 heteroatoms. The van der Waals surface area contributed by atoms with E-state index < -0.39 is 25.1 Å². The van der Waals surface area contributed by atoms with Crippen LogP contribution in [0.1, 0.15) is 111 Å². The first-order chi connectivity index (χ1) is 20.9. The second kappa shape index (κ2) is 11.4. The second-order valence-corrected chi connectivity index (χ2v) is 20.9. The molecule has 6 nitrogen and oxygen atoms in total. The van der Waals surface area contributed by atoms with Crippen LogP contribution in [0.5, 0.6) is 5.75 Å². The fourth-order valence-corrected chi connectivity index (χ4v) is 18.3. The number of hydrogen-bond donors (Lipinski definition) is 0. The number of rotatable bonds is 7. The highest BCUT2D eigenvalue weighted by molar-refractivity contribution is 14.1. The molecule has 6 aliphatic rings. The van der Waals surface area contributed by atoms with Gasteiger partial charge in [-0.25, -0.2) is 8.42 Å². The van der Waals surface area contributed by atoms with Crippen molar-refractivity contribution in [2.24, 2.45) is 35.5 Å². The Morgan fingerprint density at radius 1 is 0.614 bits per heavy atom. The van der Waals surface area contributed by atoms with Crippen LogP contribution in [0.3, 0.4) is 0 Å². The van der Waals surface area contributed by atoms with E-state index >= 15 is 0 Å². The van der Waals surface area contributed by atoms with Gasteiger partial charge in [0.2, 0.25) is 0 Å². The van der Waals surface area contributed by atoms with Gasteiger partial charge in [-0.15, -0.1) is 0 Å². The molecule has 0 saturated heterocycles. The SMILES string of the molecule is O=S(=O)([O-])c1c(I)cc(I)c(OS(=O)(=O)c2c(C3CC4CCC3C4)cc(C3CC4CCC3C4)cc2C2CC3CCC2C3)c1I. The van der Waals surface area contributed by atoms with Crippen molar-refractivity contribution in [2.75, 3.05) is 0 Å². The van der Waals surface area contributed by atoms with E-state index in [1.165, 1.54) is 63.0 Å². The van der Waals surface area contributed by atoms with Gasteiger partial charge in [-0.1, -0.05) is 31.4 Å². The average molecular weight is 973 g/mol. The normalized spacial score (nSPS) is 35.7. The first-order valence-corrected chi connectivity index (χ1v) is 22.2. The van der Waals surface area contributed by atoms with Gasteiger partial charge in [0.25, 0.3) is 0 Å². The molecule has 0 radical (unpaired) electrons. The molecular weight excluding hydrogens is 937 g/mol. The molecule has 9 atom stereocenters. The topological polar surface area (TPSA) is 101 Å². The van der Waals surface area contributed by atoms with Crippen LogP contribution in [-0.4, -0.2) is 21.4 Å². The molecule has 0 N–H and O–H groups in total. The quantitative estimate of drug-likeness (QED) is 0.156. The molecule has 0 spiro atoms. The summed E-state index contributed by atoms with van der Waals surface area (Å²) in [5.74, 6) is 4.63. The predicted molar refractivity (Wildman–Crippen MR) is 191 cm³/mol. The maximum atomic E-state index is 14.8. The number of benzene rings is 2. The Balaban J connectivity index is 1.31. The van der Waals surface area contributed by atoms with Gasteiger partial charge in [-0.3, -0.25) is 0 Å². The van der Waals surface area contributed by atoms with Crippen molar-refractivity contribution in [1.29, 1.82) is 0 Å². The summed E-state index contributed by atoms with van der Waals surface area (Å²) in [6.45, 7) is 0. The number of fused-ring (bicyclic) bond motifs is 6. The van der Waals surface area contributed by atoms with Gasteiger partial charge in [0, 0.05) is 3.57 Å². The molecule has 0 aliphatic heterocycles. The van der Waals surface area contributed by atoms with Crippen molar-refractivity contribution in [2.45, 2.75) is 105 Å². The molecule has 8 rings (SSSR count). The maximum Gasteiger partial charge on any atom is 0.339 e. The summed E-state index contributed by atoms with van der Waals surface area (Å²) < 4.78 is 73.1. The van der Waals surface area contributed by atoms with Crippen molar-refractivity contribution in [1.82, 2.24) is 0 Å². The minimum absolute atomic E-state index is 0.0269. The zero-order valence-corrected chi connectivity index (χ0v) is 32.4. The third-order valence-corrected chi connectivity index (χ3v) is 18.1. The van der Waals surface area contributed by atoms with Crippen molar-refractivity contribution >= 4 is 88.0 Å². The highest BCUT2D eigenvalue weighted by Gasteiger charge is 2.48. The first kappa shape index (κ1) is 31.6. The summed E-state index contributed by atoms with van der Waals surface area (Å²) in [5, 5.41) is 0. The van der Waals surface area contributed by atoms with Crippen LogP contribution in [0, 0.1) is 46.2 Å². The lowest BCUT2D eigenvalue weighted by molar-refractivity contribution is 0.392. The Bertz CT molecular complexity index is 1710. The van der Waals surface area contributed by atoms with E-state index in [-0.39, 0.29) is 24.7 Å². The molecule has 0 amide bonds. The fourth-order valence-electron chi connectivity index (χ4n) is 10.7. The molecule has 6 fully saturated rings. The lowest BCUT2D eigenvalue weighted by Gasteiger charge is -2.32. The minimum Gasteiger partial charge on any atom is -0.744 e. The Morgan fingerprint density at radius 3 is 1.50 bits per heavy atom. The number of hydrogen-bond acceptors (Lipinski definition) is 6. The van der Waals surface area contributed by atoms with Crippen molar-refractivity contribution in [3.05, 3.63) is 45.6 Å². The van der Waals surface area contributed by atoms with Gasteiger partial charge in [0.15, 0.2) is 5.75 Å². The Labute approximate surface area is 301 Å². The van der Waals surface area contributed by atoms with Crippen molar-refractivity contribution in [3.8, 4) is 5.75 Å². The van der Waals surface area contributed by atoms with E-state index in [0.29, 0.717) is 44.0 Å². The van der Waals surface area contributed by atoms with E-state index in [1.54, 1.807) is 22.6 Å². The Kier molecular flexibility index (Phi) is 8.20. The first-order valence-electron chi connectivity index (χ1n) is 16.1. The minimum atomic E-state index is -4.84. The van der Waals surface area contributed by atoms with E-state index in [2.05, 4.69) is 12.1 Å². The van der Waals surface area contributed by atoms with Crippen LogP contribution in [0.15, 0.2) is 28.0 Å². The average Bonchev–Trinajstić information content (AvgIpc) is 3.81. The molecule has 0 heterocycles. The summed E-state index contributed by atoms with van der Waals surface area (Å²) in [6.07, 6.45) is 14.3. The van der Waals surface area contributed by atoms with Gasteiger partial charge >= 0.3 is 10.1 Å². The van der Waals surface area contributed by atoms with Crippen LogP contribution < -0.4 is 4.18 Å². The Hall–Kier alpha value is 0.290. The lowest BCUT2D eigenvalue weighted by Crippen LogP contribution is -2.23. The standard InChI is InChI=1S/C33H37I3O6S2/c34-28-15-29(35)33(43(37,38)39)30(36)31(28)42-44(40,41)32-26(24-11-17-2-5-20(24)8-17)13-22(23-10-16-1-4-19(23)7-16)14-27(32)25-12-18-3-6-21(25)9-18/h13-21,23-25H,1-12H2,(H,37,38,39)/p-1. The van der Waals surface area contributed by atoms with Gasteiger partial charge in [0.1, 0.15) is 15.0 Å². The van der Waals surface area contributed by atoms with Crippen LogP contribution >= 0.6 is 67.8 Å². The van der Waals surface area contributed by atoms with Gasteiger partial charge in [-0.05, 0) is 202 Å². The molecule has 0 aromatic heterocycles. The Morgan fingerprint density at radius 2 is 1.09 bits per heavy atom. The van der Waals surface area contributed by atoms with Crippen molar-refractivity contribution in [3.63, 3.8) is 0 Å². The van der Waals surface area contributed by atoms with E-state index in [4.69, 9.17) is 4.18 Å². The monoisotopic (exact) mass is 973 g/mol. The fraction of sp³-hybridized carbons (Fsp3) is 0.636. The zero-order valence-electron chi connectivity index (χ0n) is 24.3. The molecule has 6 bridgehead atoms. The van der Waals surface area contributed by atoms with E-state index in [0.717, 1.165) is 42.7 Å². The molecule has 44 heavy (non-hydrogen) atoms. The largest absolute Gasteiger partial charge is 0.744 e. The lowest BCUT2D eigenvalue weighted by atomic mass is 9.75. The third-order valence-electron chi connectivity index (χ3n) is 12.4. The third kappa shape index (κ3) is 5.33. The van der Waals surface area contributed by atoms with Crippen LogP contribution in [0.25, 0.3) is 0 Å². The summed E-state index contributed by atoms with van der Waals surface area (Å²) >= 11 is 5.57. The van der Waals surface area contributed by atoms with Crippen LogP contribution in [0.4, 0.5) is 0 Å². The highest BCUT2D eigenvalue weighted by atomic mass is 127. The van der Waals surface area contributed by atoms with E-state index in [1.807, 2.05) is 45.2 Å². The summed E-state index contributed by atoms with van der Waals surface area (Å²) in [7, 11) is -9.20. The van der Waals surface area contributed by atoms with Crippen molar-refractivity contribution < 1.29 is 25.6 Å². The smallest absolute Gasteiger partial charge is 0.339 e. The molecule has 2 aromatic carbocycles. The van der Waals surface area contributed by atoms with E-state index in [9.17, 15) is 21.4 Å². The number of halogens is 3. The maximum absolute atomic E-state index is 14.8. The molecule has 9 unspecified atom stereocenters.